The molecule has 0 aliphatic rings. The molecular weight excluding hydrogens is 108 g/mol. The molecule has 46 valence electrons. The molecule has 0 aromatic heterocycles. The van der Waals surface area contributed by atoms with Crippen molar-refractivity contribution in [1.29, 1.82) is 0 Å². The van der Waals surface area contributed by atoms with Gasteiger partial charge in [0.1, 0.15) is 0 Å². The molecule has 0 atom stereocenters. The third-order valence-corrected chi connectivity index (χ3v) is 2.95. The fraction of sp³-hybridized carbons (Fsp3) is 1.00. The zero-order valence-corrected chi connectivity index (χ0v) is 6.34. The molecule has 0 rings (SSSR count). The maximum Gasteiger partial charge on any atom is 0.0000574 e. The molecule has 0 aromatic rings. The van der Waals surface area contributed by atoms with Crippen LogP contribution in [0.25, 0.3) is 0 Å². The summed E-state index contributed by atoms with van der Waals surface area (Å²) in [5, 5.41) is 0. The minimum absolute atomic E-state index is 0.789. The van der Waals surface area contributed by atoms with Crippen molar-refractivity contribution in [2.24, 2.45) is 0 Å². The fourth-order valence-corrected chi connectivity index (χ4v) is 0. The molecule has 2 heteroatoms. The number of hydrogen-bond donors (Lipinski definition) is 0. The molecular formula is C5H14OS. The molecule has 0 unspecified atom stereocenters. The Bertz CT molecular complexity index is 109. The smallest absolute Gasteiger partial charge is 0.0000574 e. The fourth-order valence-electron chi connectivity index (χ4n) is 0. The van der Waals surface area contributed by atoms with Gasteiger partial charge in [-0.15, -0.1) is 9.07 Å². The van der Waals surface area contributed by atoms with Gasteiger partial charge < -0.3 is 0 Å². The Hall–Kier alpha value is 0.150. The third-order valence-electron chi connectivity index (χ3n) is 0.984. The summed E-state index contributed by atoms with van der Waals surface area (Å²) in [7, 11) is -2.12. The average molecular weight is 122 g/mol. The minimum Gasteiger partial charge on any atom is -0.283 e. The average Bonchev–Trinajstić information content (AvgIpc) is 1.32. The topological polar surface area (TPSA) is 17.1 Å². The third kappa shape index (κ3) is 6.15. The van der Waals surface area contributed by atoms with Crippen molar-refractivity contribution in [3.63, 3.8) is 0 Å². The first-order chi connectivity index (χ1) is 2.81. The van der Waals surface area contributed by atoms with Gasteiger partial charge in [-0.1, -0.05) is 6.92 Å². The summed E-state index contributed by atoms with van der Waals surface area (Å²) >= 11 is 0. The lowest BCUT2D eigenvalue weighted by molar-refractivity contribution is 0.669. The first kappa shape index (κ1) is 7.15. The van der Waals surface area contributed by atoms with E-state index in [1.165, 1.54) is 0 Å². The predicted molar refractivity (Wildman–Crippen MR) is 36.5 cm³/mol. The summed E-state index contributed by atoms with van der Waals surface area (Å²) in [6, 6.07) is 0. The molecule has 0 aliphatic carbocycles. The van der Waals surface area contributed by atoms with Crippen LogP contribution in [0, 0.1) is 0 Å². The molecule has 0 heterocycles. The van der Waals surface area contributed by atoms with Crippen molar-refractivity contribution in [2.45, 2.75) is 6.92 Å². The van der Waals surface area contributed by atoms with Gasteiger partial charge in [0.25, 0.3) is 0 Å². The van der Waals surface area contributed by atoms with Gasteiger partial charge in [0.05, 0.1) is 0 Å². The van der Waals surface area contributed by atoms with Crippen LogP contribution < -0.4 is 0 Å². The highest BCUT2D eigenvalue weighted by Gasteiger charge is 2.12. The van der Waals surface area contributed by atoms with Gasteiger partial charge in [0.2, 0.25) is 0 Å². The van der Waals surface area contributed by atoms with E-state index in [1.807, 2.05) is 25.7 Å². The van der Waals surface area contributed by atoms with Crippen LogP contribution in [-0.4, -0.2) is 28.7 Å². The first-order valence-corrected chi connectivity index (χ1v) is 5.75. The maximum atomic E-state index is 11.2. The Morgan fingerprint density at radius 3 is 1.43 bits per heavy atom. The summed E-state index contributed by atoms with van der Waals surface area (Å²) in [4.78, 5) is 0. The van der Waals surface area contributed by atoms with Crippen LogP contribution in [-0.2, 0) is 9.07 Å². The van der Waals surface area contributed by atoms with E-state index < -0.39 is 9.07 Å². The molecule has 0 radical (unpaired) electrons. The molecule has 0 bridgehead atoms. The van der Waals surface area contributed by atoms with Gasteiger partial charge in [0.15, 0.2) is 0 Å². The second-order valence-electron chi connectivity index (χ2n) is 3.00. The van der Waals surface area contributed by atoms with Crippen molar-refractivity contribution in [3.8, 4) is 0 Å². The molecule has 0 saturated carbocycles. The van der Waals surface area contributed by atoms with Crippen LogP contribution in [0.15, 0.2) is 0 Å². The molecule has 0 spiro atoms. The largest absolute Gasteiger partial charge is 0.283 e. The zero-order valence-electron chi connectivity index (χ0n) is 5.52. The number of rotatable bonds is 1. The summed E-state index contributed by atoms with van der Waals surface area (Å²) < 4.78 is 11.2. The zero-order chi connectivity index (χ0) is 6.15. The molecule has 0 aliphatic heterocycles. The summed E-state index contributed by atoms with van der Waals surface area (Å²) in [6.07, 6.45) is 5.45. The quantitative estimate of drug-likeness (QED) is 0.501. The lowest BCUT2D eigenvalue weighted by atomic mass is 11.0. The molecule has 0 N–H and O–H groups in total. The van der Waals surface area contributed by atoms with Gasteiger partial charge in [-0.25, -0.2) is 0 Å². The van der Waals surface area contributed by atoms with Crippen LogP contribution in [0.3, 0.4) is 0 Å². The van der Waals surface area contributed by atoms with Gasteiger partial charge in [0, 0.05) is 5.75 Å². The van der Waals surface area contributed by atoms with E-state index in [9.17, 15) is 4.21 Å². The van der Waals surface area contributed by atoms with E-state index in [1.54, 1.807) is 0 Å². The Morgan fingerprint density at radius 2 is 1.43 bits per heavy atom. The van der Waals surface area contributed by atoms with Crippen molar-refractivity contribution >= 4 is 9.07 Å². The Kier molecular flexibility index (Phi) is 1.34. The van der Waals surface area contributed by atoms with E-state index in [-0.39, 0.29) is 0 Å². The lowest BCUT2D eigenvalue weighted by Crippen LogP contribution is -2.29. The van der Waals surface area contributed by atoms with E-state index >= 15 is 0 Å². The summed E-state index contributed by atoms with van der Waals surface area (Å²) in [6.45, 7) is 1.95. The summed E-state index contributed by atoms with van der Waals surface area (Å²) in [5.41, 5.74) is 0. The second kappa shape index (κ2) is 1.31. The standard InChI is InChI=1S/C5H14OS/c1-5-7(2,3,4)6/h5H2,1-4H3. The van der Waals surface area contributed by atoms with Crippen LogP contribution in [0.1, 0.15) is 6.92 Å². The Balaban J connectivity index is 4.14. The summed E-state index contributed by atoms with van der Waals surface area (Å²) in [5.74, 6) is 0.789. The first-order valence-electron chi connectivity index (χ1n) is 2.39. The van der Waals surface area contributed by atoms with Crippen molar-refractivity contribution in [1.82, 2.24) is 0 Å². The highest BCUT2D eigenvalue weighted by molar-refractivity contribution is 8.18. The molecule has 0 saturated heterocycles. The van der Waals surface area contributed by atoms with Crippen LogP contribution in [0.2, 0.25) is 0 Å². The number of hydrogen-bond acceptors (Lipinski definition) is 1. The van der Waals surface area contributed by atoms with Gasteiger partial charge in [-0.05, 0) is 18.8 Å². The minimum atomic E-state index is -2.12. The Morgan fingerprint density at radius 1 is 1.29 bits per heavy atom. The monoisotopic (exact) mass is 122 g/mol. The van der Waals surface area contributed by atoms with Crippen LogP contribution in [0.4, 0.5) is 0 Å². The van der Waals surface area contributed by atoms with Gasteiger partial charge >= 0.3 is 0 Å². The highest BCUT2D eigenvalue weighted by atomic mass is 32.3. The molecule has 0 fully saturated rings. The Labute approximate surface area is 45.5 Å². The second-order valence-corrected chi connectivity index (χ2v) is 8.99. The van der Waals surface area contributed by atoms with E-state index in [4.69, 9.17) is 0 Å². The van der Waals surface area contributed by atoms with Gasteiger partial charge in [-0.2, -0.15) is 0 Å². The van der Waals surface area contributed by atoms with Crippen molar-refractivity contribution < 1.29 is 4.21 Å². The molecule has 0 aromatic carbocycles. The van der Waals surface area contributed by atoms with Crippen LogP contribution >= 0.6 is 0 Å². The molecule has 7 heavy (non-hydrogen) atoms. The highest BCUT2D eigenvalue weighted by Crippen LogP contribution is 2.08. The van der Waals surface area contributed by atoms with E-state index in [2.05, 4.69) is 0 Å². The van der Waals surface area contributed by atoms with Gasteiger partial charge in [-0.3, -0.25) is 4.21 Å². The van der Waals surface area contributed by atoms with Crippen LogP contribution in [0.5, 0.6) is 0 Å². The van der Waals surface area contributed by atoms with Crippen molar-refractivity contribution in [3.05, 3.63) is 0 Å². The van der Waals surface area contributed by atoms with E-state index in [0.717, 1.165) is 5.75 Å². The predicted octanol–water partition coefficient (Wildman–Crippen LogP) is 0.716. The van der Waals surface area contributed by atoms with Crippen molar-refractivity contribution in [2.75, 3.05) is 24.5 Å². The maximum absolute atomic E-state index is 11.2. The van der Waals surface area contributed by atoms with E-state index in [0.29, 0.717) is 0 Å². The molecule has 1 nitrogen and oxygen atoms in total. The molecule has 0 amide bonds. The SMILES string of the molecule is CCS(C)(C)(C)=O. The lowest BCUT2D eigenvalue weighted by Gasteiger charge is -2.25. The normalized spacial score (nSPS) is 18.0.